The van der Waals surface area contributed by atoms with Crippen molar-refractivity contribution in [1.82, 2.24) is 46.3 Å². The molecule has 0 aliphatic heterocycles. The number of thiazole rings is 1. The van der Waals surface area contributed by atoms with Gasteiger partial charge in [-0.15, -0.1) is 11.3 Å². The lowest BCUT2D eigenvalue weighted by Gasteiger charge is -2.10. The van der Waals surface area contributed by atoms with Gasteiger partial charge >= 0.3 is 20.4 Å². The molecule has 39 heavy (non-hydrogen) atoms. The molecule has 5 heterocycles. The molecule has 0 bridgehead atoms. The molecule has 19 heteroatoms. The molecule has 0 spiro atoms. The van der Waals surface area contributed by atoms with Crippen molar-refractivity contribution >= 4 is 53.0 Å². The molecule has 5 aromatic heterocycles. The fourth-order valence-corrected chi connectivity index (χ4v) is 6.41. The predicted octanol–water partition coefficient (Wildman–Crippen LogP) is -0.823. The minimum absolute atomic E-state index is 0.0561. The maximum absolute atomic E-state index is 13.3. The molecular weight excluding hydrogens is 572 g/mol. The van der Waals surface area contributed by atoms with Crippen LogP contribution in [0.5, 0.6) is 0 Å². The quantitative estimate of drug-likeness (QED) is 0.237. The van der Waals surface area contributed by atoms with E-state index >= 15 is 0 Å². The topological polar surface area (TPSA) is 183 Å². The standard InChI is InChI=1S/C20H24N10O6S3/c1-25(2)38(33,34)29-8-6-12(23-29)11-28-20(32)15-13(10-21-28)17-18(27(15)5)22-19(37-17)16(31)14-7-9-30(24-14)39(35,36)26(3)4/h6-10,16,31H,11H2,1-5H3. The number of fused-ring (bicyclic) bond motifs is 3. The number of aryl methyl sites for hydroxylation is 1. The lowest BCUT2D eigenvalue weighted by molar-refractivity contribution is 0.214. The summed E-state index contributed by atoms with van der Waals surface area (Å²) in [6.07, 6.45) is 2.74. The Balaban J connectivity index is 1.48. The summed E-state index contributed by atoms with van der Waals surface area (Å²) in [6.45, 7) is -0.0561. The van der Waals surface area contributed by atoms with Crippen LogP contribution in [0.1, 0.15) is 22.5 Å². The second-order valence-electron chi connectivity index (χ2n) is 8.91. The van der Waals surface area contributed by atoms with Crippen LogP contribution in [0.25, 0.3) is 21.3 Å². The number of hydrogen-bond acceptors (Lipinski definition) is 11. The van der Waals surface area contributed by atoms with E-state index in [1.165, 1.54) is 63.6 Å². The Kier molecular flexibility index (Phi) is 6.47. The molecule has 0 radical (unpaired) electrons. The van der Waals surface area contributed by atoms with Crippen LogP contribution in [0.15, 0.2) is 35.5 Å². The van der Waals surface area contributed by atoms with Crippen LogP contribution < -0.4 is 5.56 Å². The van der Waals surface area contributed by atoms with Crippen LogP contribution in [-0.4, -0.2) is 96.4 Å². The fraction of sp³-hybridized carbons (Fsp3) is 0.350. The Labute approximate surface area is 226 Å². The molecule has 5 rings (SSSR count). The number of aliphatic hydroxyl groups is 1. The second kappa shape index (κ2) is 9.31. The lowest BCUT2D eigenvalue weighted by Crippen LogP contribution is -2.29. The van der Waals surface area contributed by atoms with E-state index in [0.29, 0.717) is 26.9 Å². The predicted molar refractivity (Wildman–Crippen MR) is 142 cm³/mol. The van der Waals surface area contributed by atoms with Gasteiger partial charge in [0.1, 0.15) is 16.6 Å². The molecule has 1 N–H and O–H groups in total. The zero-order valence-corrected chi connectivity index (χ0v) is 23.8. The first-order chi connectivity index (χ1) is 18.2. The zero-order chi connectivity index (χ0) is 28.4. The summed E-state index contributed by atoms with van der Waals surface area (Å²) in [7, 11) is -0.455. The minimum atomic E-state index is -3.84. The van der Waals surface area contributed by atoms with Crippen LogP contribution in [0.3, 0.4) is 0 Å². The molecule has 16 nitrogen and oxygen atoms in total. The van der Waals surface area contributed by atoms with E-state index in [9.17, 15) is 26.7 Å². The van der Waals surface area contributed by atoms with Crippen LogP contribution in [-0.2, 0) is 34.0 Å². The summed E-state index contributed by atoms with van der Waals surface area (Å²) in [5.74, 6) is 0. The normalized spacial score (nSPS) is 13.8. The first-order valence-electron chi connectivity index (χ1n) is 11.2. The van der Waals surface area contributed by atoms with Crippen molar-refractivity contribution in [3.8, 4) is 0 Å². The van der Waals surface area contributed by atoms with Crippen molar-refractivity contribution in [2.24, 2.45) is 7.05 Å². The Hall–Kier alpha value is -3.49. The molecule has 208 valence electrons. The van der Waals surface area contributed by atoms with Crippen LogP contribution in [0.4, 0.5) is 0 Å². The highest BCUT2D eigenvalue weighted by Crippen LogP contribution is 2.34. The Bertz CT molecular complexity index is 2000. The number of nitrogens with zero attached hydrogens (tertiary/aromatic N) is 10. The van der Waals surface area contributed by atoms with Crippen LogP contribution in [0, 0.1) is 0 Å². The average Bonchev–Trinajstić information content (AvgIpc) is 3.66. The third kappa shape index (κ3) is 4.36. The van der Waals surface area contributed by atoms with Crippen molar-refractivity contribution < 1.29 is 21.9 Å². The summed E-state index contributed by atoms with van der Waals surface area (Å²) in [6, 6.07) is 2.88. The van der Waals surface area contributed by atoms with Crippen molar-refractivity contribution in [2.45, 2.75) is 12.6 Å². The minimum Gasteiger partial charge on any atom is -0.379 e. The molecule has 1 atom stereocenters. The van der Waals surface area contributed by atoms with Crippen molar-refractivity contribution in [2.75, 3.05) is 28.2 Å². The van der Waals surface area contributed by atoms with Gasteiger partial charge in [0.2, 0.25) is 0 Å². The summed E-state index contributed by atoms with van der Waals surface area (Å²) < 4.78 is 56.1. The summed E-state index contributed by atoms with van der Waals surface area (Å²) in [5, 5.41) is 23.9. The SMILES string of the molecule is CN(C)S(=O)(=O)n1ccc(Cn2ncc3c4sc(C(O)c5ccn(S(=O)(=O)N(C)C)n5)nc4n(C)c3c2=O)n1. The van der Waals surface area contributed by atoms with Crippen LogP contribution in [0.2, 0.25) is 0 Å². The van der Waals surface area contributed by atoms with E-state index in [0.717, 1.165) is 28.1 Å². The highest BCUT2D eigenvalue weighted by molar-refractivity contribution is 7.87. The highest BCUT2D eigenvalue weighted by Gasteiger charge is 2.26. The zero-order valence-electron chi connectivity index (χ0n) is 21.4. The van der Waals surface area contributed by atoms with E-state index in [2.05, 4.69) is 20.3 Å². The van der Waals surface area contributed by atoms with Gasteiger partial charge < -0.3 is 9.67 Å². The highest BCUT2D eigenvalue weighted by atomic mass is 32.2. The largest absolute Gasteiger partial charge is 0.379 e. The maximum Gasteiger partial charge on any atom is 0.322 e. The Morgan fingerprint density at radius 2 is 1.62 bits per heavy atom. The number of aliphatic hydroxyl groups excluding tert-OH is 1. The van der Waals surface area contributed by atoms with E-state index in [4.69, 9.17) is 0 Å². The Morgan fingerprint density at radius 1 is 1.00 bits per heavy atom. The molecule has 0 aliphatic carbocycles. The van der Waals surface area contributed by atoms with Gasteiger partial charge in [-0.25, -0.2) is 9.67 Å². The molecule has 0 amide bonds. The van der Waals surface area contributed by atoms with E-state index in [-0.39, 0.29) is 17.2 Å². The number of aromatic nitrogens is 8. The first-order valence-corrected chi connectivity index (χ1v) is 14.8. The van der Waals surface area contributed by atoms with E-state index in [1.54, 1.807) is 11.6 Å². The van der Waals surface area contributed by atoms with Gasteiger partial charge in [-0.3, -0.25) is 4.79 Å². The average molecular weight is 597 g/mol. The summed E-state index contributed by atoms with van der Waals surface area (Å²) in [5.41, 5.74) is 0.744. The second-order valence-corrected chi connectivity index (χ2v) is 13.9. The van der Waals surface area contributed by atoms with Gasteiger partial charge in [0.05, 0.1) is 28.8 Å². The maximum atomic E-state index is 13.3. The summed E-state index contributed by atoms with van der Waals surface area (Å²) >= 11 is 1.13. The molecule has 1 unspecified atom stereocenters. The van der Waals surface area contributed by atoms with Gasteiger partial charge in [0.25, 0.3) is 5.56 Å². The Morgan fingerprint density at radius 3 is 2.26 bits per heavy atom. The molecule has 0 saturated heterocycles. The van der Waals surface area contributed by atoms with Gasteiger partial charge in [0.15, 0.2) is 5.65 Å². The monoisotopic (exact) mass is 596 g/mol. The molecular formula is C20H24N10O6S3. The van der Waals surface area contributed by atoms with Gasteiger partial charge in [0, 0.05) is 53.0 Å². The lowest BCUT2D eigenvalue weighted by atomic mass is 10.3. The van der Waals surface area contributed by atoms with Crippen LogP contribution >= 0.6 is 11.3 Å². The number of rotatable bonds is 8. The summed E-state index contributed by atoms with van der Waals surface area (Å²) in [4.78, 5) is 17.8. The smallest absolute Gasteiger partial charge is 0.322 e. The molecule has 5 aromatic rings. The number of hydrogen-bond donors (Lipinski definition) is 1. The molecule has 0 aromatic carbocycles. The van der Waals surface area contributed by atoms with Crippen molar-refractivity contribution in [1.29, 1.82) is 0 Å². The molecule has 0 aliphatic rings. The van der Waals surface area contributed by atoms with Crippen molar-refractivity contribution in [3.63, 3.8) is 0 Å². The first kappa shape index (κ1) is 27.1. The third-order valence-electron chi connectivity index (χ3n) is 5.97. The van der Waals surface area contributed by atoms with E-state index in [1.807, 2.05) is 0 Å². The third-order valence-corrected chi connectivity index (χ3v) is 10.3. The van der Waals surface area contributed by atoms with Gasteiger partial charge in [-0.2, -0.15) is 48.9 Å². The molecule has 0 fully saturated rings. The van der Waals surface area contributed by atoms with Gasteiger partial charge in [-0.1, -0.05) is 0 Å². The fourth-order valence-electron chi connectivity index (χ4n) is 3.80. The van der Waals surface area contributed by atoms with Crippen molar-refractivity contribution in [3.05, 3.63) is 57.5 Å². The van der Waals surface area contributed by atoms with Gasteiger partial charge in [-0.05, 0) is 12.1 Å². The van der Waals surface area contributed by atoms with E-state index < -0.39 is 32.1 Å². The molecule has 0 saturated carbocycles.